The van der Waals surface area contributed by atoms with Crippen molar-refractivity contribution in [3.8, 4) is 16.8 Å². The van der Waals surface area contributed by atoms with Gasteiger partial charge in [-0.05, 0) is 41.5 Å². The molecule has 2 aromatic heterocycles. The highest BCUT2D eigenvalue weighted by Crippen LogP contribution is 2.22. The minimum Gasteiger partial charge on any atom is -0.378 e. The zero-order valence-corrected chi connectivity index (χ0v) is 17.0. The van der Waals surface area contributed by atoms with Crippen LogP contribution in [-0.2, 0) is 13.6 Å². The van der Waals surface area contributed by atoms with Crippen molar-refractivity contribution in [2.24, 2.45) is 7.05 Å². The molecule has 0 saturated heterocycles. The third kappa shape index (κ3) is 4.18. The first kappa shape index (κ1) is 19.2. The van der Waals surface area contributed by atoms with Crippen molar-refractivity contribution in [3.63, 3.8) is 0 Å². The number of benzene rings is 2. The predicted molar refractivity (Wildman–Crippen MR) is 116 cm³/mol. The largest absolute Gasteiger partial charge is 0.378 e. The van der Waals surface area contributed by atoms with Gasteiger partial charge in [-0.3, -0.25) is 9.48 Å². The summed E-state index contributed by atoms with van der Waals surface area (Å²) < 4.78 is 3.01. The lowest BCUT2D eigenvalue weighted by atomic mass is 10.1. The number of aryl methyl sites for hydroxylation is 1. The summed E-state index contributed by atoms with van der Waals surface area (Å²) in [6, 6.07) is 14.9. The van der Waals surface area contributed by atoms with Gasteiger partial charge in [-0.25, -0.2) is 0 Å². The first-order valence-electron chi connectivity index (χ1n) is 8.87. The third-order valence-electron chi connectivity index (χ3n) is 4.44. The Morgan fingerprint density at radius 3 is 2.52 bits per heavy atom. The Kier molecular flexibility index (Phi) is 5.38. The van der Waals surface area contributed by atoms with Crippen LogP contribution in [0.15, 0.2) is 71.9 Å². The van der Waals surface area contributed by atoms with Crippen LogP contribution in [-0.4, -0.2) is 19.6 Å². The lowest BCUT2D eigenvalue weighted by Gasteiger charge is -2.11. The van der Waals surface area contributed by atoms with Gasteiger partial charge in [-0.2, -0.15) is 14.9 Å². The molecule has 0 aliphatic carbocycles. The van der Waals surface area contributed by atoms with Gasteiger partial charge in [0.1, 0.15) is 5.02 Å². The van der Waals surface area contributed by atoms with E-state index < -0.39 is 5.56 Å². The van der Waals surface area contributed by atoms with Crippen LogP contribution >= 0.6 is 23.2 Å². The van der Waals surface area contributed by atoms with E-state index in [1.54, 1.807) is 35.1 Å². The smallest absolute Gasteiger partial charge is 0.292 e. The summed E-state index contributed by atoms with van der Waals surface area (Å²) >= 11 is 12.2. The number of aromatic nitrogens is 4. The predicted octanol–water partition coefficient (Wildman–Crippen LogP) is 4.55. The molecule has 0 amide bonds. The van der Waals surface area contributed by atoms with Gasteiger partial charge in [0.2, 0.25) is 0 Å². The molecule has 0 spiro atoms. The topological polar surface area (TPSA) is 64.7 Å². The number of hydrogen-bond acceptors (Lipinski definition) is 4. The van der Waals surface area contributed by atoms with Crippen LogP contribution in [0.25, 0.3) is 16.8 Å². The van der Waals surface area contributed by atoms with Crippen LogP contribution in [0.3, 0.4) is 0 Å². The van der Waals surface area contributed by atoms with Gasteiger partial charge in [0, 0.05) is 30.4 Å². The Morgan fingerprint density at radius 1 is 1.00 bits per heavy atom. The van der Waals surface area contributed by atoms with Gasteiger partial charge in [-0.15, -0.1) is 0 Å². The molecule has 0 saturated carbocycles. The molecule has 0 unspecified atom stereocenters. The third-order valence-corrected chi connectivity index (χ3v) is 5.06. The molecule has 4 rings (SSSR count). The van der Waals surface area contributed by atoms with Gasteiger partial charge >= 0.3 is 0 Å². The fraction of sp³-hybridized carbons (Fsp3) is 0.0952. The van der Waals surface area contributed by atoms with Crippen molar-refractivity contribution in [1.29, 1.82) is 0 Å². The van der Waals surface area contributed by atoms with E-state index in [9.17, 15) is 4.79 Å². The van der Waals surface area contributed by atoms with E-state index in [0.29, 0.717) is 22.9 Å². The summed E-state index contributed by atoms with van der Waals surface area (Å²) in [7, 11) is 1.89. The van der Waals surface area contributed by atoms with Crippen LogP contribution < -0.4 is 10.9 Å². The van der Waals surface area contributed by atoms with E-state index >= 15 is 0 Å². The van der Waals surface area contributed by atoms with Gasteiger partial charge in [0.15, 0.2) is 0 Å². The molecular formula is C21H17Cl2N5O. The first-order chi connectivity index (χ1) is 14.0. The molecule has 0 bridgehead atoms. The maximum atomic E-state index is 12.6. The van der Waals surface area contributed by atoms with Gasteiger partial charge in [0.25, 0.3) is 5.56 Å². The Labute approximate surface area is 177 Å². The average Bonchev–Trinajstić information content (AvgIpc) is 3.17. The quantitative estimate of drug-likeness (QED) is 0.509. The summed E-state index contributed by atoms with van der Waals surface area (Å²) in [5.41, 5.74) is 3.83. The van der Waals surface area contributed by atoms with Crippen LogP contribution in [0.5, 0.6) is 0 Å². The molecule has 0 fully saturated rings. The summed E-state index contributed by atoms with van der Waals surface area (Å²) in [5.74, 6) is 0. The standard InChI is InChI=1S/C21H17Cl2N5O/c1-27-13-16(11-25-27)15-4-2-3-14(9-15)10-24-19-12-26-28(21(29)20(19)23)18-7-5-17(22)6-8-18/h2-9,11-13,24H,10H2,1H3. The SMILES string of the molecule is Cn1cc(-c2cccc(CNc3cnn(-c4ccc(Cl)cc4)c(=O)c3Cl)c2)cn1. The fourth-order valence-corrected chi connectivity index (χ4v) is 3.27. The zero-order chi connectivity index (χ0) is 20.4. The number of halogens is 2. The number of anilines is 1. The number of nitrogens with zero attached hydrogens (tertiary/aromatic N) is 4. The van der Waals surface area contributed by atoms with Crippen LogP contribution in [0.1, 0.15) is 5.56 Å². The van der Waals surface area contributed by atoms with Crippen molar-refractivity contribution in [1.82, 2.24) is 19.6 Å². The van der Waals surface area contributed by atoms with Crippen molar-refractivity contribution in [2.45, 2.75) is 6.54 Å². The van der Waals surface area contributed by atoms with Crippen molar-refractivity contribution in [2.75, 3.05) is 5.32 Å². The maximum absolute atomic E-state index is 12.6. The van der Waals surface area contributed by atoms with Gasteiger partial charge < -0.3 is 5.32 Å². The number of hydrogen-bond donors (Lipinski definition) is 1. The maximum Gasteiger partial charge on any atom is 0.292 e. The number of nitrogens with one attached hydrogen (secondary N) is 1. The molecule has 8 heteroatoms. The van der Waals surface area contributed by atoms with Crippen LogP contribution in [0.2, 0.25) is 10.0 Å². The van der Waals surface area contributed by atoms with Crippen LogP contribution in [0.4, 0.5) is 5.69 Å². The molecule has 4 aromatic rings. The van der Waals surface area contributed by atoms with E-state index in [1.807, 2.05) is 37.6 Å². The molecule has 29 heavy (non-hydrogen) atoms. The molecule has 0 aliphatic rings. The van der Waals surface area contributed by atoms with E-state index in [-0.39, 0.29) is 5.02 Å². The van der Waals surface area contributed by atoms with E-state index in [1.165, 1.54) is 4.68 Å². The summed E-state index contributed by atoms with van der Waals surface area (Å²) in [6.45, 7) is 0.500. The van der Waals surface area contributed by atoms with Crippen LogP contribution in [0, 0.1) is 0 Å². The zero-order valence-electron chi connectivity index (χ0n) is 15.5. The minimum absolute atomic E-state index is 0.0818. The molecule has 1 N–H and O–H groups in total. The highest BCUT2D eigenvalue weighted by molar-refractivity contribution is 6.33. The van der Waals surface area contributed by atoms with E-state index in [4.69, 9.17) is 23.2 Å². The van der Waals surface area contributed by atoms with E-state index in [0.717, 1.165) is 16.7 Å². The van der Waals surface area contributed by atoms with E-state index in [2.05, 4.69) is 21.6 Å². The molecule has 0 aliphatic heterocycles. The van der Waals surface area contributed by atoms with Gasteiger partial charge in [-0.1, -0.05) is 41.4 Å². The fourth-order valence-electron chi connectivity index (χ4n) is 2.95. The summed E-state index contributed by atoms with van der Waals surface area (Å²) in [4.78, 5) is 12.6. The highest BCUT2D eigenvalue weighted by atomic mass is 35.5. The second-order valence-electron chi connectivity index (χ2n) is 6.52. The Morgan fingerprint density at radius 2 is 1.79 bits per heavy atom. The van der Waals surface area contributed by atoms with Crippen molar-refractivity contribution in [3.05, 3.63) is 93.1 Å². The summed E-state index contributed by atoms with van der Waals surface area (Å²) in [5, 5.41) is 12.3. The molecule has 0 atom stereocenters. The molecule has 6 nitrogen and oxygen atoms in total. The lowest BCUT2D eigenvalue weighted by molar-refractivity contribution is 0.768. The Balaban J connectivity index is 1.54. The van der Waals surface area contributed by atoms with Crippen molar-refractivity contribution < 1.29 is 0 Å². The average molecular weight is 426 g/mol. The second-order valence-corrected chi connectivity index (χ2v) is 7.34. The normalized spacial score (nSPS) is 10.9. The Hall–Kier alpha value is -3.09. The second kappa shape index (κ2) is 8.11. The molecule has 146 valence electrons. The highest BCUT2D eigenvalue weighted by Gasteiger charge is 2.11. The molecular weight excluding hydrogens is 409 g/mol. The van der Waals surface area contributed by atoms with Gasteiger partial charge in [0.05, 0.1) is 23.8 Å². The first-order valence-corrected chi connectivity index (χ1v) is 9.62. The summed E-state index contributed by atoms with van der Waals surface area (Å²) in [6.07, 6.45) is 5.33. The minimum atomic E-state index is -0.400. The lowest BCUT2D eigenvalue weighted by Crippen LogP contribution is -2.22. The monoisotopic (exact) mass is 425 g/mol. The molecule has 2 heterocycles. The number of rotatable bonds is 5. The molecule has 0 radical (unpaired) electrons. The Bertz CT molecular complexity index is 1210. The molecule has 2 aromatic carbocycles. The van der Waals surface area contributed by atoms with Crippen molar-refractivity contribution >= 4 is 28.9 Å².